The highest BCUT2D eigenvalue weighted by atomic mass is 35.5. The van der Waals surface area contributed by atoms with E-state index in [1.165, 1.54) is 25.3 Å². The third-order valence-electron chi connectivity index (χ3n) is 2.66. The van der Waals surface area contributed by atoms with Crippen molar-refractivity contribution in [3.8, 4) is 5.75 Å². The van der Waals surface area contributed by atoms with Crippen LogP contribution in [0.15, 0.2) is 42.5 Å². The molecular formula is C15H12ClFO3. The maximum atomic E-state index is 12.8. The maximum Gasteiger partial charge on any atom is 0.337 e. The summed E-state index contributed by atoms with van der Waals surface area (Å²) >= 11 is 6.03. The van der Waals surface area contributed by atoms with E-state index >= 15 is 0 Å². The second kappa shape index (κ2) is 6.39. The summed E-state index contributed by atoms with van der Waals surface area (Å²) in [5.41, 5.74) is 1.17. The van der Waals surface area contributed by atoms with Gasteiger partial charge in [-0.15, -0.1) is 0 Å². The van der Waals surface area contributed by atoms with Gasteiger partial charge in [0.25, 0.3) is 0 Å². The van der Waals surface area contributed by atoms with E-state index < -0.39 is 5.97 Å². The number of hydrogen-bond acceptors (Lipinski definition) is 3. The first-order chi connectivity index (χ1) is 9.60. The molecule has 0 spiro atoms. The first kappa shape index (κ1) is 14.3. The number of benzene rings is 2. The smallest absolute Gasteiger partial charge is 0.337 e. The van der Waals surface area contributed by atoms with Crippen LogP contribution in [0.1, 0.15) is 15.9 Å². The van der Waals surface area contributed by atoms with Crippen LogP contribution in [0.4, 0.5) is 4.39 Å². The van der Waals surface area contributed by atoms with Gasteiger partial charge in [-0.2, -0.15) is 0 Å². The van der Waals surface area contributed by atoms with Gasteiger partial charge in [-0.05, 0) is 35.9 Å². The van der Waals surface area contributed by atoms with Crippen LogP contribution in [0.2, 0.25) is 5.02 Å². The predicted octanol–water partition coefficient (Wildman–Crippen LogP) is 3.84. The molecule has 0 atom stereocenters. The topological polar surface area (TPSA) is 35.5 Å². The van der Waals surface area contributed by atoms with Gasteiger partial charge < -0.3 is 9.47 Å². The van der Waals surface area contributed by atoms with Gasteiger partial charge in [0.05, 0.1) is 17.7 Å². The van der Waals surface area contributed by atoms with Crippen molar-refractivity contribution in [2.24, 2.45) is 0 Å². The average Bonchev–Trinajstić information content (AvgIpc) is 2.46. The average molecular weight is 295 g/mol. The van der Waals surface area contributed by atoms with Crippen LogP contribution in [0.25, 0.3) is 0 Å². The lowest BCUT2D eigenvalue weighted by Crippen LogP contribution is -2.02. The molecule has 0 radical (unpaired) electrons. The van der Waals surface area contributed by atoms with Crippen molar-refractivity contribution in [3.63, 3.8) is 0 Å². The van der Waals surface area contributed by atoms with Crippen molar-refractivity contribution >= 4 is 17.6 Å². The molecule has 0 bridgehead atoms. The zero-order valence-corrected chi connectivity index (χ0v) is 11.5. The normalized spacial score (nSPS) is 10.2. The van der Waals surface area contributed by atoms with Gasteiger partial charge >= 0.3 is 5.97 Å². The van der Waals surface area contributed by atoms with E-state index in [1.54, 1.807) is 24.3 Å². The molecule has 0 aliphatic heterocycles. The van der Waals surface area contributed by atoms with Gasteiger partial charge in [0.1, 0.15) is 18.2 Å². The highest BCUT2D eigenvalue weighted by Crippen LogP contribution is 2.26. The Hall–Kier alpha value is -2.07. The Kier molecular flexibility index (Phi) is 4.58. The number of carbonyl (C=O) groups excluding carboxylic acids is 1. The molecule has 3 nitrogen and oxygen atoms in total. The van der Waals surface area contributed by atoms with E-state index in [0.29, 0.717) is 16.3 Å². The molecule has 0 fully saturated rings. The molecule has 2 rings (SSSR count). The molecule has 0 saturated heterocycles. The lowest BCUT2D eigenvalue weighted by molar-refractivity contribution is 0.0600. The molecule has 2 aromatic rings. The van der Waals surface area contributed by atoms with E-state index in [-0.39, 0.29) is 12.4 Å². The fourth-order valence-electron chi connectivity index (χ4n) is 1.60. The highest BCUT2D eigenvalue weighted by Gasteiger charge is 2.09. The summed E-state index contributed by atoms with van der Waals surface area (Å²) in [4.78, 5) is 11.3. The van der Waals surface area contributed by atoms with E-state index in [1.807, 2.05) is 0 Å². The molecule has 20 heavy (non-hydrogen) atoms. The molecule has 104 valence electrons. The Labute approximate surface area is 120 Å². The van der Waals surface area contributed by atoms with Crippen LogP contribution >= 0.6 is 11.6 Å². The summed E-state index contributed by atoms with van der Waals surface area (Å²) in [6.07, 6.45) is 0. The van der Waals surface area contributed by atoms with Crippen LogP contribution in [0, 0.1) is 5.82 Å². The summed E-state index contributed by atoms with van der Waals surface area (Å²) < 4.78 is 22.9. The molecule has 0 heterocycles. The van der Waals surface area contributed by atoms with Gasteiger partial charge in [-0.25, -0.2) is 9.18 Å². The first-order valence-corrected chi connectivity index (χ1v) is 6.23. The molecule has 2 aromatic carbocycles. The third kappa shape index (κ3) is 3.48. The zero-order valence-electron chi connectivity index (χ0n) is 10.7. The van der Waals surface area contributed by atoms with Crippen molar-refractivity contribution in [2.75, 3.05) is 7.11 Å². The number of ether oxygens (including phenoxy) is 2. The number of hydrogen-bond donors (Lipinski definition) is 0. The maximum absolute atomic E-state index is 12.8. The Bertz CT molecular complexity index is 611. The van der Waals surface area contributed by atoms with E-state index in [0.717, 1.165) is 5.56 Å². The highest BCUT2D eigenvalue weighted by molar-refractivity contribution is 6.32. The fraction of sp³-hybridized carbons (Fsp3) is 0.133. The van der Waals surface area contributed by atoms with Crippen LogP contribution in [-0.4, -0.2) is 13.1 Å². The summed E-state index contributed by atoms with van der Waals surface area (Å²) in [7, 11) is 1.30. The largest absolute Gasteiger partial charge is 0.487 e. The van der Waals surface area contributed by atoms with Crippen molar-refractivity contribution < 1.29 is 18.7 Å². The van der Waals surface area contributed by atoms with Crippen molar-refractivity contribution in [3.05, 3.63) is 64.4 Å². The molecule has 0 aromatic heterocycles. The van der Waals surface area contributed by atoms with Crippen LogP contribution < -0.4 is 4.74 Å². The van der Waals surface area contributed by atoms with Crippen LogP contribution in [0.5, 0.6) is 5.75 Å². The standard InChI is InChI=1S/C15H12ClFO3/c1-19-15(18)11-4-7-14(13(16)8-11)20-9-10-2-5-12(17)6-3-10/h2-8H,9H2,1H3. The Balaban J connectivity index is 2.06. The molecule has 0 saturated carbocycles. The van der Waals surface area contributed by atoms with E-state index in [4.69, 9.17) is 16.3 Å². The minimum absolute atomic E-state index is 0.261. The summed E-state index contributed by atoms with van der Waals surface area (Å²) in [6.45, 7) is 0.261. The molecule has 5 heteroatoms. The van der Waals surface area contributed by atoms with Crippen molar-refractivity contribution in [1.82, 2.24) is 0 Å². The first-order valence-electron chi connectivity index (χ1n) is 5.85. The minimum atomic E-state index is -0.461. The molecule has 0 N–H and O–H groups in total. The van der Waals surface area contributed by atoms with Gasteiger partial charge in [0.15, 0.2) is 0 Å². The zero-order chi connectivity index (χ0) is 14.5. The monoisotopic (exact) mass is 294 g/mol. The minimum Gasteiger partial charge on any atom is -0.487 e. The van der Waals surface area contributed by atoms with Gasteiger partial charge in [0.2, 0.25) is 0 Å². The molecule has 0 unspecified atom stereocenters. The molecule has 0 amide bonds. The summed E-state index contributed by atoms with van der Waals surface area (Å²) in [5.74, 6) is -0.310. The molecule has 0 aliphatic rings. The second-order valence-corrected chi connectivity index (χ2v) is 4.46. The van der Waals surface area contributed by atoms with Gasteiger partial charge in [0, 0.05) is 0 Å². The summed E-state index contributed by atoms with van der Waals surface area (Å²) in [5, 5.41) is 0.315. The molecular weight excluding hydrogens is 283 g/mol. The Morgan fingerprint density at radius 2 is 1.90 bits per heavy atom. The van der Waals surface area contributed by atoms with Gasteiger partial charge in [-0.3, -0.25) is 0 Å². The van der Waals surface area contributed by atoms with Crippen molar-refractivity contribution in [1.29, 1.82) is 0 Å². The van der Waals surface area contributed by atoms with Gasteiger partial charge in [-0.1, -0.05) is 23.7 Å². The second-order valence-electron chi connectivity index (χ2n) is 4.05. The number of esters is 1. The fourth-order valence-corrected chi connectivity index (χ4v) is 1.84. The summed E-state index contributed by atoms with van der Waals surface area (Å²) in [6, 6.07) is 10.6. The lowest BCUT2D eigenvalue weighted by Gasteiger charge is -2.09. The Morgan fingerprint density at radius 3 is 2.50 bits per heavy atom. The quantitative estimate of drug-likeness (QED) is 0.804. The lowest BCUT2D eigenvalue weighted by atomic mass is 10.2. The molecule has 0 aliphatic carbocycles. The SMILES string of the molecule is COC(=O)c1ccc(OCc2ccc(F)cc2)c(Cl)c1. The van der Waals surface area contributed by atoms with Crippen molar-refractivity contribution in [2.45, 2.75) is 6.61 Å². The number of carbonyl (C=O) groups is 1. The van der Waals surface area contributed by atoms with Crippen LogP contribution in [0.3, 0.4) is 0 Å². The van der Waals surface area contributed by atoms with Crippen LogP contribution in [-0.2, 0) is 11.3 Å². The Morgan fingerprint density at radius 1 is 1.20 bits per heavy atom. The third-order valence-corrected chi connectivity index (χ3v) is 2.96. The van der Waals surface area contributed by atoms with E-state index in [2.05, 4.69) is 4.74 Å². The van der Waals surface area contributed by atoms with E-state index in [9.17, 15) is 9.18 Å². The number of halogens is 2. The number of methoxy groups -OCH3 is 1. The number of rotatable bonds is 4. The predicted molar refractivity (Wildman–Crippen MR) is 73.5 cm³/mol.